The van der Waals surface area contributed by atoms with Crippen molar-refractivity contribution in [3.8, 4) is 0 Å². The van der Waals surface area contributed by atoms with Crippen LogP contribution in [0.1, 0.15) is 28.0 Å². The molecule has 0 aliphatic rings. The van der Waals surface area contributed by atoms with Gasteiger partial charge in [-0.25, -0.2) is 13.6 Å². The first-order valence-corrected chi connectivity index (χ1v) is 3.95. The molecular weight excluding hydrogens is 210 g/mol. The summed E-state index contributed by atoms with van der Waals surface area (Å²) >= 11 is 0. The Labute approximate surface area is 82.5 Å². The van der Waals surface area contributed by atoms with E-state index in [4.69, 9.17) is 10.8 Å². The minimum atomic E-state index is -2.89. The number of nitrogens with two attached hydrogens (primary N) is 1. The Balaban J connectivity index is 3.46. The van der Waals surface area contributed by atoms with Crippen molar-refractivity contribution in [3.63, 3.8) is 0 Å². The molecule has 4 N–H and O–H groups in total. The van der Waals surface area contributed by atoms with E-state index in [-0.39, 0.29) is 0 Å². The quantitative estimate of drug-likeness (QED) is 0.687. The number of halogens is 2. The summed E-state index contributed by atoms with van der Waals surface area (Å²) in [4.78, 5) is 23.9. The second-order valence-corrected chi connectivity index (χ2v) is 2.73. The lowest BCUT2D eigenvalue weighted by molar-refractivity contribution is 0.0694. The maximum Gasteiger partial charge on any atom is 0.341 e. The molecule has 0 aliphatic heterocycles. The fourth-order valence-corrected chi connectivity index (χ4v) is 1.14. The Morgan fingerprint density at radius 1 is 1.60 bits per heavy atom. The van der Waals surface area contributed by atoms with Gasteiger partial charge < -0.3 is 15.8 Å². The van der Waals surface area contributed by atoms with Gasteiger partial charge >= 0.3 is 5.97 Å². The van der Waals surface area contributed by atoms with Gasteiger partial charge in [-0.2, -0.15) is 0 Å². The van der Waals surface area contributed by atoms with E-state index in [1.807, 2.05) is 0 Å². The summed E-state index contributed by atoms with van der Waals surface area (Å²) in [6, 6.07) is 0. The minimum absolute atomic E-state index is 0.398. The Kier molecular flexibility index (Phi) is 3.15. The van der Waals surface area contributed by atoms with Crippen molar-refractivity contribution >= 4 is 5.97 Å². The van der Waals surface area contributed by atoms with E-state index in [1.54, 1.807) is 0 Å². The van der Waals surface area contributed by atoms with Crippen LogP contribution in [-0.4, -0.2) is 16.1 Å². The standard InChI is InChI=1S/C8H8F2N2O3/c9-7(10)5-3(1-11)6(13)4(2-12-5)8(14)15/h2,7H,1,11H2,(H,12,13)(H,14,15). The summed E-state index contributed by atoms with van der Waals surface area (Å²) in [6.07, 6.45) is -2.15. The number of hydrogen-bond acceptors (Lipinski definition) is 3. The van der Waals surface area contributed by atoms with Crippen LogP contribution in [0.2, 0.25) is 0 Å². The van der Waals surface area contributed by atoms with Crippen LogP contribution in [0.4, 0.5) is 8.78 Å². The molecule has 0 saturated carbocycles. The zero-order valence-corrected chi connectivity index (χ0v) is 7.46. The number of pyridine rings is 1. The van der Waals surface area contributed by atoms with Crippen molar-refractivity contribution in [3.05, 3.63) is 33.2 Å². The van der Waals surface area contributed by atoms with Crippen LogP contribution < -0.4 is 11.2 Å². The molecule has 0 bridgehead atoms. The van der Waals surface area contributed by atoms with Crippen LogP contribution >= 0.6 is 0 Å². The van der Waals surface area contributed by atoms with Gasteiger partial charge in [-0.1, -0.05) is 0 Å². The molecule has 0 aliphatic carbocycles. The van der Waals surface area contributed by atoms with Crippen LogP contribution in [-0.2, 0) is 6.54 Å². The third kappa shape index (κ3) is 2.01. The van der Waals surface area contributed by atoms with Crippen LogP contribution in [0.3, 0.4) is 0 Å². The molecule has 82 valence electrons. The Morgan fingerprint density at radius 3 is 2.60 bits per heavy atom. The number of rotatable bonds is 3. The van der Waals surface area contributed by atoms with Crippen molar-refractivity contribution in [2.24, 2.45) is 5.73 Å². The molecule has 0 saturated heterocycles. The molecule has 1 aromatic heterocycles. The molecule has 0 aromatic carbocycles. The normalized spacial score (nSPS) is 10.7. The molecule has 0 fully saturated rings. The molecular formula is C8H8F2N2O3. The first kappa shape index (κ1) is 11.3. The number of hydrogen-bond donors (Lipinski definition) is 3. The molecule has 0 atom stereocenters. The van der Waals surface area contributed by atoms with Crippen LogP contribution in [0.25, 0.3) is 0 Å². The van der Waals surface area contributed by atoms with Gasteiger partial charge in [0, 0.05) is 18.3 Å². The summed E-state index contributed by atoms with van der Waals surface area (Å²) in [7, 11) is 0. The maximum absolute atomic E-state index is 12.4. The number of carboxylic acid groups (broad SMARTS) is 1. The zero-order chi connectivity index (χ0) is 11.6. The van der Waals surface area contributed by atoms with E-state index < -0.39 is 41.2 Å². The van der Waals surface area contributed by atoms with Gasteiger partial charge in [0.05, 0.1) is 5.69 Å². The van der Waals surface area contributed by atoms with Gasteiger partial charge in [0.2, 0.25) is 5.43 Å². The first-order chi connectivity index (χ1) is 6.99. The monoisotopic (exact) mass is 218 g/mol. The Bertz CT molecular complexity index is 442. The van der Waals surface area contributed by atoms with Crippen molar-refractivity contribution in [2.75, 3.05) is 0 Å². The van der Waals surface area contributed by atoms with Crippen LogP contribution in [0.5, 0.6) is 0 Å². The highest BCUT2D eigenvalue weighted by Gasteiger charge is 2.19. The molecule has 0 radical (unpaired) electrons. The molecule has 0 amide bonds. The highest BCUT2D eigenvalue weighted by Crippen LogP contribution is 2.18. The van der Waals surface area contributed by atoms with E-state index in [9.17, 15) is 18.4 Å². The summed E-state index contributed by atoms with van der Waals surface area (Å²) in [5.74, 6) is -1.48. The topological polar surface area (TPSA) is 96.2 Å². The van der Waals surface area contributed by atoms with Crippen LogP contribution in [0, 0.1) is 0 Å². The number of aromatic carboxylic acids is 1. The fourth-order valence-electron chi connectivity index (χ4n) is 1.14. The van der Waals surface area contributed by atoms with Crippen LogP contribution in [0.15, 0.2) is 11.0 Å². The number of nitrogens with one attached hydrogen (secondary N) is 1. The second-order valence-electron chi connectivity index (χ2n) is 2.73. The highest BCUT2D eigenvalue weighted by molar-refractivity contribution is 5.87. The SMILES string of the molecule is NCc1c(C(F)F)[nH]cc(C(=O)O)c1=O. The minimum Gasteiger partial charge on any atom is -0.477 e. The summed E-state index contributed by atoms with van der Waals surface area (Å²) < 4.78 is 24.7. The van der Waals surface area contributed by atoms with Crippen molar-refractivity contribution in [1.82, 2.24) is 4.98 Å². The van der Waals surface area contributed by atoms with E-state index in [0.717, 1.165) is 6.20 Å². The number of carbonyl (C=O) groups is 1. The third-order valence-electron chi connectivity index (χ3n) is 1.87. The van der Waals surface area contributed by atoms with Gasteiger partial charge in [0.25, 0.3) is 6.43 Å². The van der Waals surface area contributed by atoms with Gasteiger partial charge in [-0.3, -0.25) is 4.79 Å². The molecule has 1 aromatic rings. The number of aromatic amines is 1. The van der Waals surface area contributed by atoms with E-state index in [1.165, 1.54) is 0 Å². The Morgan fingerprint density at radius 2 is 2.20 bits per heavy atom. The maximum atomic E-state index is 12.4. The average molecular weight is 218 g/mol. The molecule has 1 heterocycles. The molecule has 0 spiro atoms. The lowest BCUT2D eigenvalue weighted by Crippen LogP contribution is -2.24. The van der Waals surface area contributed by atoms with Crippen molar-refractivity contribution < 1.29 is 18.7 Å². The summed E-state index contributed by atoms with van der Waals surface area (Å²) in [5.41, 5.74) is 2.51. The van der Waals surface area contributed by atoms with E-state index in [2.05, 4.69) is 4.98 Å². The molecule has 1 rings (SSSR count). The highest BCUT2D eigenvalue weighted by atomic mass is 19.3. The fraction of sp³-hybridized carbons (Fsp3) is 0.250. The predicted octanol–water partition coefficient (Wildman–Crippen LogP) is 0.469. The van der Waals surface area contributed by atoms with Crippen molar-refractivity contribution in [1.29, 1.82) is 0 Å². The third-order valence-corrected chi connectivity index (χ3v) is 1.87. The van der Waals surface area contributed by atoms with E-state index >= 15 is 0 Å². The molecule has 5 nitrogen and oxygen atoms in total. The van der Waals surface area contributed by atoms with Gasteiger partial charge in [0.1, 0.15) is 5.56 Å². The second kappa shape index (κ2) is 4.18. The van der Waals surface area contributed by atoms with E-state index in [0.29, 0.717) is 0 Å². The molecule has 15 heavy (non-hydrogen) atoms. The number of alkyl halides is 2. The smallest absolute Gasteiger partial charge is 0.341 e. The largest absolute Gasteiger partial charge is 0.477 e. The molecule has 7 heteroatoms. The number of aromatic nitrogens is 1. The first-order valence-electron chi connectivity index (χ1n) is 3.95. The Hall–Kier alpha value is -1.76. The predicted molar refractivity (Wildman–Crippen MR) is 46.9 cm³/mol. The number of H-pyrrole nitrogens is 1. The summed E-state index contributed by atoms with van der Waals surface area (Å²) in [5, 5.41) is 8.57. The van der Waals surface area contributed by atoms with Gasteiger partial charge in [-0.05, 0) is 0 Å². The lowest BCUT2D eigenvalue weighted by Gasteiger charge is -2.06. The number of carboxylic acids is 1. The molecule has 0 unspecified atom stereocenters. The lowest BCUT2D eigenvalue weighted by atomic mass is 10.1. The van der Waals surface area contributed by atoms with Gasteiger partial charge in [-0.15, -0.1) is 0 Å². The zero-order valence-electron chi connectivity index (χ0n) is 7.46. The summed E-state index contributed by atoms with van der Waals surface area (Å²) in [6.45, 7) is -0.434. The average Bonchev–Trinajstić information content (AvgIpc) is 2.16. The van der Waals surface area contributed by atoms with Crippen molar-refractivity contribution in [2.45, 2.75) is 13.0 Å². The van der Waals surface area contributed by atoms with Gasteiger partial charge in [0.15, 0.2) is 0 Å².